The van der Waals surface area contributed by atoms with E-state index in [1.54, 1.807) is 0 Å². The van der Waals surface area contributed by atoms with Gasteiger partial charge < -0.3 is 10.2 Å². The summed E-state index contributed by atoms with van der Waals surface area (Å²) in [6.07, 6.45) is 4.68. The lowest BCUT2D eigenvalue weighted by Crippen LogP contribution is -2.42. The highest BCUT2D eigenvalue weighted by Crippen LogP contribution is 2.30. The molecule has 5 heteroatoms. The van der Waals surface area contributed by atoms with Crippen LogP contribution in [0.3, 0.4) is 0 Å². The molecule has 1 N–H and O–H groups in total. The smallest absolute Gasteiger partial charge is 0.253 e. The summed E-state index contributed by atoms with van der Waals surface area (Å²) in [6.45, 7) is 2.55. The fraction of sp³-hybridized carbons (Fsp3) is 0.562. The molecule has 1 aliphatic carbocycles. The molecule has 3 nitrogen and oxygen atoms in total. The molecule has 1 atom stereocenters. The van der Waals surface area contributed by atoms with Crippen LogP contribution in [0.15, 0.2) is 18.2 Å². The van der Waals surface area contributed by atoms with Gasteiger partial charge in [-0.2, -0.15) is 0 Å². The number of rotatable bonds is 5. The van der Waals surface area contributed by atoms with E-state index in [0.29, 0.717) is 17.5 Å². The number of benzene rings is 1. The Morgan fingerprint density at radius 2 is 2.14 bits per heavy atom. The molecule has 1 amide bonds. The molecule has 21 heavy (non-hydrogen) atoms. The first-order valence-electron chi connectivity index (χ1n) is 7.61. The molecule has 1 saturated carbocycles. The molecule has 1 saturated heterocycles. The van der Waals surface area contributed by atoms with Gasteiger partial charge in [0.05, 0.1) is 5.02 Å². The van der Waals surface area contributed by atoms with Crippen LogP contribution in [0.2, 0.25) is 5.02 Å². The van der Waals surface area contributed by atoms with Gasteiger partial charge in [0.25, 0.3) is 5.91 Å². The second-order valence-electron chi connectivity index (χ2n) is 6.08. The maximum Gasteiger partial charge on any atom is 0.253 e. The predicted octanol–water partition coefficient (Wildman–Crippen LogP) is 3.08. The van der Waals surface area contributed by atoms with Gasteiger partial charge in [-0.25, -0.2) is 4.39 Å². The lowest BCUT2D eigenvalue weighted by atomic mass is 10.1. The number of carbonyl (C=O) groups is 1. The van der Waals surface area contributed by atoms with Crippen molar-refractivity contribution in [2.24, 2.45) is 5.92 Å². The molecule has 1 aromatic rings. The lowest BCUT2D eigenvalue weighted by Gasteiger charge is -2.26. The minimum atomic E-state index is -0.487. The summed E-state index contributed by atoms with van der Waals surface area (Å²) in [6, 6.07) is 4.59. The highest BCUT2D eigenvalue weighted by atomic mass is 35.5. The summed E-state index contributed by atoms with van der Waals surface area (Å²) in [7, 11) is 0. The average molecular weight is 311 g/mol. The van der Waals surface area contributed by atoms with Crippen molar-refractivity contribution in [1.29, 1.82) is 0 Å². The summed E-state index contributed by atoms with van der Waals surface area (Å²) in [4.78, 5) is 14.6. The molecule has 0 radical (unpaired) electrons. The van der Waals surface area contributed by atoms with Crippen LogP contribution in [0.1, 0.15) is 36.0 Å². The molecule has 0 bridgehead atoms. The maximum atomic E-state index is 13.2. The summed E-state index contributed by atoms with van der Waals surface area (Å²) >= 11 is 5.79. The zero-order valence-corrected chi connectivity index (χ0v) is 12.7. The summed E-state index contributed by atoms with van der Waals surface area (Å²) in [5, 5.41) is 3.43. The van der Waals surface area contributed by atoms with Crippen molar-refractivity contribution in [3.8, 4) is 0 Å². The van der Waals surface area contributed by atoms with Crippen LogP contribution < -0.4 is 5.32 Å². The number of carbonyl (C=O) groups excluding carboxylic acids is 1. The molecule has 1 aliphatic heterocycles. The topological polar surface area (TPSA) is 32.3 Å². The van der Waals surface area contributed by atoms with Crippen molar-refractivity contribution >= 4 is 17.5 Å². The monoisotopic (exact) mass is 310 g/mol. The van der Waals surface area contributed by atoms with Crippen LogP contribution in [-0.2, 0) is 0 Å². The van der Waals surface area contributed by atoms with Crippen LogP contribution in [-0.4, -0.2) is 36.5 Å². The minimum absolute atomic E-state index is 0.00575. The van der Waals surface area contributed by atoms with Crippen molar-refractivity contribution in [3.63, 3.8) is 0 Å². The zero-order chi connectivity index (χ0) is 14.8. The Hall–Kier alpha value is -1.13. The normalized spacial score (nSPS) is 21.5. The quantitative estimate of drug-likeness (QED) is 0.906. The van der Waals surface area contributed by atoms with Gasteiger partial charge in [0, 0.05) is 24.7 Å². The zero-order valence-electron chi connectivity index (χ0n) is 11.9. The molecule has 2 fully saturated rings. The average Bonchev–Trinajstić information content (AvgIpc) is 3.14. The van der Waals surface area contributed by atoms with Gasteiger partial charge in [-0.1, -0.05) is 11.6 Å². The van der Waals surface area contributed by atoms with Crippen molar-refractivity contribution in [2.75, 3.05) is 19.6 Å². The first-order chi connectivity index (χ1) is 10.1. The van der Waals surface area contributed by atoms with E-state index < -0.39 is 5.82 Å². The van der Waals surface area contributed by atoms with Gasteiger partial charge in [-0.05, 0) is 56.3 Å². The van der Waals surface area contributed by atoms with Crippen LogP contribution in [0.25, 0.3) is 0 Å². The highest BCUT2D eigenvalue weighted by molar-refractivity contribution is 6.31. The maximum absolute atomic E-state index is 13.2. The molecular weight excluding hydrogens is 291 g/mol. The SMILES string of the molecule is O=C(c1ccc(F)c(Cl)c1)N(CC1CC1)CC1CCCN1. The van der Waals surface area contributed by atoms with E-state index in [1.807, 2.05) is 4.90 Å². The van der Waals surface area contributed by atoms with Crippen LogP contribution in [0.4, 0.5) is 4.39 Å². The summed E-state index contributed by atoms with van der Waals surface area (Å²) in [5.74, 6) is 0.100. The van der Waals surface area contributed by atoms with Crippen LogP contribution >= 0.6 is 11.6 Å². The van der Waals surface area contributed by atoms with Gasteiger partial charge in [0.1, 0.15) is 5.82 Å². The van der Waals surface area contributed by atoms with Gasteiger partial charge in [-0.15, -0.1) is 0 Å². The van der Waals surface area contributed by atoms with E-state index in [9.17, 15) is 9.18 Å². The number of halogens is 2. The number of amides is 1. The third-order valence-electron chi connectivity index (χ3n) is 4.23. The highest BCUT2D eigenvalue weighted by Gasteiger charge is 2.29. The third-order valence-corrected chi connectivity index (χ3v) is 4.52. The van der Waals surface area contributed by atoms with Crippen molar-refractivity contribution in [1.82, 2.24) is 10.2 Å². The van der Waals surface area contributed by atoms with Crippen LogP contribution in [0.5, 0.6) is 0 Å². The molecule has 2 aliphatic rings. The van der Waals surface area contributed by atoms with Gasteiger partial charge >= 0.3 is 0 Å². The van der Waals surface area contributed by atoms with E-state index in [2.05, 4.69) is 5.32 Å². The molecule has 1 unspecified atom stereocenters. The predicted molar refractivity (Wildman–Crippen MR) is 81.1 cm³/mol. The molecule has 0 spiro atoms. The van der Waals surface area contributed by atoms with Crippen molar-refractivity contribution < 1.29 is 9.18 Å². The van der Waals surface area contributed by atoms with Crippen molar-refractivity contribution in [2.45, 2.75) is 31.7 Å². The fourth-order valence-electron chi connectivity index (χ4n) is 2.84. The van der Waals surface area contributed by atoms with Gasteiger partial charge in [-0.3, -0.25) is 4.79 Å². The Labute approximate surface area is 129 Å². The largest absolute Gasteiger partial charge is 0.337 e. The number of hydrogen-bond acceptors (Lipinski definition) is 2. The Kier molecular flexibility index (Phi) is 4.45. The van der Waals surface area contributed by atoms with Crippen molar-refractivity contribution in [3.05, 3.63) is 34.6 Å². The molecule has 1 heterocycles. The lowest BCUT2D eigenvalue weighted by molar-refractivity contribution is 0.0733. The minimum Gasteiger partial charge on any atom is -0.337 e. The van der Waals surface area contributed by atoms with Gasteiger partial charge in [0.2, 0.25) is 0 Å². The molecular formula is C16H20ClFN2O. The number of hydrogen-bond donors (Lipinski definition) is 1. The summed E-state index contributed by atoms with van der Waals surface area (Å²) < 4.78 is 13.2. The van der Waals surface area contributed by atoms with E-state index in [4.69, 9.17) is 11.6 Å². The van der Waals surface area contributed by atoms with E-state index >= 15 is 0 Å². The van der Waals surface area contributed by atoms with E-state index in [0.717, 1.165) is 26.1 Å². The first-order valence-corrected chi connectivity index (χ1v) is 7.99. The first kappa shape index (κ1) is 14.8. The molecule has 114 valence electrons. The third kappa shape index (κ3) is 3.74. The Bertz CT molecular complexity index is 527. The number of nitrogens with one attached hydrogen (secondary N) is 1. The Morgan fingerprint density at radius 3 is 2.76 bits per heavy atom. The van der Waals surface area contributed by atoms with Gasteiger partial charge in [0.15, 0.2) is 0 Å². The number of nitrogens with zero attached hydrogens (tertiary/aromatic N) is 1. The Balaban J connectivity index is 1.73. The second-order valence-corrected chi connectivity index (χ2v) is 6.48. The van der Waals surface area contributed by atoms with E-state index in [-0.39, 0.29) is 10.9 Å². The molecule has 3 rings (SSSR count). The van der Waals surface area contributed by atoms with E-state index in [1.165, 1.54) is 37.5 Å². The second kappa shape index (κ2) is 6.32. The Morgan fingerprint density at radius 1 is 1.33 bits per heavy atom. The van der Waals surface area contributed by atoms with Crippen LogP contribution in [0, 0.1) is 11.7 Å². The molecule has 0 aromatic heterocycles. The summed E-state index contributed by atoms with van der Waals surface area (Å²) in [5.41, 5.74) is 0.472. The molecule has 1 aromatic carbocycles. The standard InChI is InChI=1S/C16H20ClFN2O/c17-14-8-12(5-6-15(14)18)16(21)20(9-11-3-4-11)10-13-2-1-7-19-13/h5-6,8,11,13,19H,1-4,7,9-10H2. The fourth-order valence-corrected chi connectivity index (χ4v) is 3.02.